The van der Waals surface area contributed by atoms with Gasteiger partial charge in [-0.25, -0.2) is 4.98 Å². The zero-order chi connectivity index (χ0) is 20.1. The number of rotatable bonds is 5. The molecule has 29 heavy (non-hydrogen) atoms. The maximum absolute atomic E-state index is 12.3. The molecule has 0 spiro atoms. The normalized spacial score (nSPS) is 16.9. The molecule has 1 saturated heterocycles. The van der Waals surface area contributed by atoms with Crippen LogP contribution in [0.4, 0.5) is 11.5 Å². The summed E-state index contributed by atoms with van der Waals surface area (Å²) in [5.41, 5.74) is 2.14. The summed E-state index contributed by atoms with van der Waals surface area (Å²) >= 11 is 0. The minimum atomic E-state index is 0.162. The molecule has 0 saturated carbocycles. The first-order valence-electron chi connectivity index (χ1n) is 10.3. The quantitative estimate of drug-likeness (QED) is 0.621. The second kappa shape index (κ2) is 8.94. The predicted molar refractivity (Wildman–Crippen MR) is 117 cm³/mol. The number of benzene rings is 1. The molecule has 1 amide bonds. The SMILES string of the molecule is CCNC(=NCCN1C(=O)Cc2ccccc21)N1CCN(c2ccccn2)CC1. The second-order valence-electron chi connectivity index (χ2n) is 7.25. The molecule has 7 heteroatoms. The van der Waals surface area contributed by atoms with Crippen LogP contribution >= 0.6 is 0 Å². The van der Waals surface area contributed by atoms with Crippen LogP contribution in [0.1, 0.15) is 12.5 Å². The number of nitrogens with zero attached hydrogens (tertiary/aromatic N) is 5. The van der Waals surface area contributed by atoms with Crippen LogP contribution in [0.2, 0.25) is 0 Å². The van der Waals surface area contributed by atoms with Gasteiger partial charge in [-0.1, -0.05) is 24.3 Å². The van der Waals surface area contributed by atoms with Crippen molar-refractivity contribution in [3.05, 3.63) is 54.2 Å². The zero-order valence-corrected chi connectivity index (χ0v) is 16.9. The highest BCUT2D eigenvalue weighted by molar-refractivity contribution is 6.01. The summed E-state index contributed by atoms with van der Waals surface area (Å²) in [6.45, 7) is 7.73. The number of guanidine groups is 1. The highest BCUT2D eigenvalue weighted by Crippen LogP contribution is 2.27. The molecule has 0 atom stereocenters. The van der Waals surface area contributed by atoms with Gasteiger partial charge in [0.25, 0.3) is 0 Å². The molecule has 4 rings (SSSR count). The lowest BCUT2D eigenvalue weighted by Gasteiger charge is -2.37. The Bertz CT molecular complexity index is 861. The zero-order valence-electron chi connectivity index (χ0n) is 16.9. The molecule has 0 bridgehead atoms. The van der Waals surface area contributed by atoms with Crippen LogP contribution in [0.15, 0.2) is 53.7 Å². The fourth-order valence-corrected chi connectivity index (χ4v) is 3.93. The molecule has 1 aromatic heterocycles. The van der Waals surface area contributed by atoms with E-state index >= 15 is 0 Å². The van der Waals surface area contributed by atoms with Gasteiger partial charge in [0.1, 0.15) is 5.82 Å². The summed E-state index contributed by atoms with van der Waals surface area (Å²) in [4.78, 5) is 28.1. The molecular formula is C22H28N6O. The Morgan fingerprint density at radius 1 is 1.10 bits per heavy atom. The number of carbonyl (C=O) groups excluding carboxylic acids is 1. The standard InChI is InChI=1S/C22H28N6O/c1-2-23-22(27-15-13-26(14-16-27)20-9-5-6-10-24-20)25-11-12-28-19-8-4-3-7-18(19)17-21(28)29/h3-10H,2,11-17H2,1H3,(H,23,25). The number of amides is 1. The summed E-state index contributed by atoms with van der Waals surface area (Å²) in [6.07, 6.45) is 2.33. The summed E-state index contributed by atoms with van der Waals surface area (Å²) in [6, 6.07) is 14.0. The van der Waals surface area contributed by atoms with E-state index in [2.05, 4.69) is 33.1 Å². The highest BCUT2D eigenvalue weighted by Gasteiger charge is 2.26. The Kier molecular flexibility index (Phi) is 5.93. The fraction of sp³-hybridized carbons (Fsp3) is 0.409. The van der Waals surface area contributed by atoms with E-state index in [4.69, 9.17) is 4.99 Å². The van der Waals surface area contributed by atoms with Gasteiger partial charge in [-0.15, -0.1) is 0 Å². The van der Waals surface area contributed by atoms with E-state index in [-0.39, 0.29) is 5.91 Å². The van der Waals surface area contributed by atoms with E-state index in [1.165, 1.54) is 0 Å². The molecule has 152 valence electrons. The Morgan fingerprint density at radius 3 is 2.66 bits per heavy atom. The van der Waals surface area contributed by atoms with Crippen LogP contribution in [-0.4, -0.2) is 67.6 Å². The first kappa shape index (κ1) is 19.2. The molecule has 0 aliphatic carbocycles. The number of nitrogens with one attached hydrogen (secondary N) is 1. The van der Waals surface area contributed by atoms with E-state index in [1.54, 1.807) is 0 Å². The number of hydrogen-bond donors (Lipinski definition) is 1. The molecule has 0 unspecified atom stereocenters. The first-order chi connectivity index (χ1) is 14.3. The van der Waals surface area contributed by atoms with Crippen LogP contribution in [0.25, 0.3) is 0 Å². The third-order valence-corrected chi connectivity index (χ3v) is 5.40. The van der Waals surface area contributed by atoms with E-state index in [0.29, 0.717) is 19.5 Å². The van der Waals surface area contributed by atoms with Crippen LogP contribution in [0, 0.1) is 0 Å². The molecule has 2 aliphatic rings. The Morgan fingerprint density at radius 2 is 1.90 bits per heavy atom. The Balaban J connectivity index is 1.36. The van der Waals surface area contributed by atoms with Gasteiger partial charge in [0.05, 0.1) is 13.0 Å². The van der Waals surface area contributed by atoms with Gasteiger partial charge in [0.2, 0.25) is 5.91 Å². The first-order valence-corrected chi connectivity index (χ1v) is 10.3. The minimum absolute atomic E-state index is 0.162. The topological polar surface area (TPSA) is 64.1 Å². The highest BCUT2D eigenvalue weighted by atomic mass is 16.2. The van der Waals surface area contributed by atoms with Crippen molar-refractivity contribution in [1.82, 2.24) is 15.2 Å². The Hall–Kier alpha value is -3.09. The maximum Gasteiger partial charge on any atom is 0.231 e. The number of aliphatic imine (C=N–C) groups is 1. The van der Waals surface area contributed by atoms with Gasteiger partial charge < -0.3 is 20.0 Å². The lowest BCUT2D eigenvalue weighted by atomic mass is 10.2. The number of fused-ring (bicyclic) bond motifs is 1. The number of piperazine rings is 1. The van der Waals surface area contributed by atoms with Gasteiger partial charge in [-0.3, -0.25) is 9.79 Å². The molecular weight excluding hydrogens is 364 g/mol. The fourth-order valence-electron chi connectivity index (χ4n) is 3.93. The third kappa shape index (κ3) is 4.34. The van der Waals surface area contributed by atoms with Gasteiger partial charge in [0.15, 0.2) is 5.96 Å². The lowest BCUT2D eigenvalue weighted by Crippen LogP contribution is -2.53. The second-order valence-corrected chi connectivity index (χ2v) is 7.25. The van der Waals surface area contributed by atoms with Gasteiger partial charge >= 0.3 is 0 Å². The molecule has 1 aromatic carbocycles. The van der Waals surface area contributed by atoms with Crippen molar-refractivity contribution in [2.75, 3.05) is 55.6 Å². The predicted octanol–water partition coefficient (Wildman–Crippen LogP) is 1.76. The van der Waals surface area contributed by atoms with E-state index < -0.39 is 0 Å². The third-order valence-electron chi connectivity index (χ3n) is 5.40. The average molecular weight is 393 g/mol. The Labute approximate surface area is 172 Å². The van der Waals surface area contributed by atoms with E-state index in [1.807, 2.05) is 47.5 Å². The van der Waals surface area contributed by atoms with Crippen molar-refractivity contribution in [2.45, 2.75) is 13.3 Å². The van der Waals surface area contributed by atoms with Crippen molar-refractivity contribution in [3.63, 3.8) is 0 Å². The molecule has 3 heterocycles. The molecule has 1 fully saturated rings. The monoisotopic (exact) mass is 392 g/mol. The summed E-state index contributed by atoms with van der Waals surface area (Å²) in [5, 5.41) is 3.40. The summed E-state index contributed by atoms with van der Waals surface area (Å²) in [5.74, 6) is 2.11. The number of anilines is 2. The molecule has 2 aromatic rings. The van der Waals surface area contributed by atoms with Crippen molar-refractivity contribution >= 4 is 23.4 Å². The smallest absolute Gasteiger partial charge is 0.231 e. The summed E-state index contributed by atoms with van der Waals surface area (Å²) in [7, 11) is 0. The maximum atomic E-state index is 12.3. The minimum Gasteiger partial charge on any atom is -0.357 e. The van der Waals surface area contributed by atoms with E-state index in [0.717, 1.165) is 55.8 Å². The number of hydrogen-bond acceptors (Lipinski definition) is 4. The van der Waals surface area contributed by atoms with Crippen molar-refractivity contribution < 1.29 is 4.79 Å². The number of pyridine rings is 1. The molecule has 2 aliphatic heterocycles. The van der Waals surface area contributed by atoms with Crippen LogP contribution in [-0.2, 0) is 11.2 Å². The van der Waals surface area contributed by atoms with Gasteiger partial charge in [-0.05, 0) is 30.7 Å². The lowest BCUT2D eigenvalue weighted by molar-refractivity contribution is -0.117. The number of aromatic nitrogens is 1. The van der Waals surface area contributed by atoms with Gasteiger partial charge in [-0.2, -0.15) is 0 Å². The molecule has 7 nitrogen and oxygen atoms in total. The average Bonchev–Trinajstić information content (AvgIpc) is 3.09. The van der Waals surface area contributed by atoms with Crippen molar-refractivity contribution in [3.8, 4) is 0 Å². The van der Waals surface area contributed by atoms with Crippen molar-refractivity contribution in [1.29, 1.82) is 0 Å². The van der Waals surface area contributed by atoms with Crippen LogP contribution < -0.4 is 15.1 Å². The number of para-hydroxylation sites is 1. The summed E-state index contributed by atoms with van der Waals surface area (Å²) < 4.78 is 0. The van der Waals surface area contributed by atoms with Crippen molar-refractivity contribution in [2.24, 2.45) is 4.99 Å². The van der Waals surface area contributed by atoms with Crippen LogP contribution in [0.5, 0.6) is 0 Å². The number of carbonyl (C=O) groups is 1. The molecule has 0 radical (unpaired) electrons. The van der Waals surface area contributed by atoms with Gasteiger partial charge in [0, 0.05) is 51.2 Å². The molecule has 1 N–H and O–H groups in total. The largest absolute Gasteiger partial charge is 0.357 e. The van der Waals surface area contributed by atoms with E-state index in [9.17, 15) is 4.79 Å². The van der Waals surface area contributed by atoms with Crippen LogP contribution in [0.3, 0.4) is 0 Å².